The Morgan fingerprint density at radius 2 is 1.74 bits per heavy atom. The molecule has 1 atom stereocenters. The van der Waals surface area contributed by atoms with Crippen molar-refractivity contribution < 1.29 is 16.8 Å². The summed E-state index contributed by atoms with van der Waals surface area (Å²) in [5.41, 5.74) is 1.95. The van der Waals surface area contributed by atoms with Gasteiger partial charge >= 0.3 is 0 Å². The highest BCUT2D eigenvalue weighted by Crippen LogP contribution is 2.26. The van der Waals surface area contributed by atoms with Crippen LogP contribution in [0.25, 0.3) is 0 Å². The highest BCUT2D eigenvalue weighted by atomic mass is 32.2. The van der Waals surface area contributed by atoms with Gasteiger partial charge in [0.1, 0.15) is 0 Å². The van der Waals surface area contributed by atoms with Gasteiger partial charge in [0.25, 0.3) is 0 Å². The molecule has 0 amide bonds. The lowest BCUT2D eigenvalue weighted by atomic mass is 10.1. The Kier molecular flexibility index (Phi) is 7.47. The predicted molar refractivity (Wildman–Crippen MR) is 109 cm³/mol. The van der Waals surface area contributed by atoms with Gasteiger partial charge in [-0.25, -0.2) is 16.8 Å². The number of hydrogen-bond acceptors (Lipinski definition) is 5. The predicted octanol–water partition coefficient (Wildman–Crippen LogP) is 2.21. The zero-order valence-corrected chi connectivity index (χ0v) is 18.4. The third kappa shape index (κ3) is 5.53. The molecule has 0 unspecified atom stereocenters. The topological polar surface area (TPSA) is 74.8 Å². The molecule has 0 radical (unpaired) electrons. The van der Waals surface area contributed by atoms with Gasteiger partial charge in [0.15, 0.2) is 9.84 Å². The molecule has 1 aromatic carbocycles. The van der Waals surface area contributed by atoms with Gasteiger partial charge in [-0.15, -0.1) is 0 Å². The maximum atomic E-state index is 13.3. The maximum Gasteiger partial charge on any atom is 0.243 e. The van der Waals surface area contributed by atoms with Gasteiger partial charge in [-0.2, -0.15) is 4.31 Å². The van der Waals surface area contributed by atoms with Crippen LogP contribution in [0, 0.1) is 13.8 Å². The van der Waals surface area contributed by atoms with Gasteiger partial charge < -0.3 is 4.90 Å². The number of aryl methyl sites for hydroxylation is 2. The number of sulfone groups is 1. The summed E-state index contributed by atoms with van der Waals surface area (Å²) >= 11 is 0. The van der Waals surface area contributed by atoms with E-state index in [4.69, 9.17) is 0 Å². The first-order valence-corrected chi connectivity index (χ1v) is 12.9. The fourth-order valence-corrected chi connectivity index (χ4v) is 7.10. The highest BCUT2D eigenvalue weighted by Gasteiger charge is 2.38. The lowest BCUT2D eigenvalue weighted by Gasteiger charge is -2.28. The van der Waals surface area contributed by atoms with E-state index in [2.05, 4.69) is 18.7 Å². The van der Waals surface area contributed by atoms with E-state index in [9.17, 15) is 16.8 Å². The summed E-state index contributed by atoms with van der Waals surface area (Å²) in [6.07, 6.45) is 1.06. The second-order valence-electron chi connectivity index (χ2n) is 7.30. The average molecular weight is 417 g/mol. The maximum absolute atomic E-state index is 13.3. The Labute approximate surface area is 164 Å². The van der Waals surface area contributed by atoms with E-state index in [-0.39, 0.29) is 16.4 Å². The minimum atomic E-state index is -3.73. The SMILES string of the molecule is CCN(CC)CCCN([C@@H]1CCS(=O)(=O)C1)S(=O)(=O)c1ccc(C)c(C)c1. The van der Waals surface area contributed by atoms with Crippen molar-refractivity contribution in [2.45, 2.75) is 51.5 Å². The molecule has 8 heteroatoms. The van der Waals surface area contributed by atoms with Crippen molar-refractivity contribution in [1.29, 1.82) is 0 Å². The molecular weight excluding hydrogens is 384 g/mol. The summed E-state index contributed by atoms with van der Waals surface area (Å²) in [5, 5.41) is 0. The molecule has 0 bridgehead atoms. The first kappa shape index (κ1) is 22.3. The molecular formula is C19H32N2O4S2. The zero-order chi connectivity index (χ0) is 20.2. The first-order valence-electron chi connectivity index (χ1n) is 9.62. The van der Waals surface area contributed by atoms with Crippen molar-refractivity contribution in [3.63, 3.8) is 0 Å². The summed E-state index contributed by atoms with van der Waals surface area (Å²) < 4.78 is 52.0. The Bertz CT molecular complexity index is 846. The minimum absolute atomic E-state index is 0.0622. The van der Waals surface area contributed by atoms with E-state index in [1.54, 1.807) is 12.1 Å². The number of nitrogens with zero attached hydrogens (tertiary/aromatic N) is 2. The lowest BCUT2D eigenvalue weighted by molar-refractivity contribution is 0.269. The molecule has 0 aromatic heterocycles. The normalized spacial score (nSPS) is 19.9. The van der Waals surface area contributed by atoms with Crippen LogP contribution in [0.15, 0.2) is 23.1 Å². The van der Waals surface area contributed by atoms with Gasteiger partial charge in [0.2, 0.25) is 10.0 Å². The van der Waals surface area contributed by atoms with Gasteiger partial charge in [0, 0.05) is 12.6 Å². The summed E-state index contributed by atoms with van der Waals surface area (Å²) in [7, 11) is -6.90. The summed E-state index contributed by atoms with van der Waals surface area (Å²) in [5.74, 6) is -0.0188. The summed E-state index contributed by atoms with van der Waals surface area (Å²) in [6.45, 7) is 11.0. The first-order chi connectivity index (χ1) is 12.6. The molecule has 1 aromatic rings. The monoisotopic (exact) mass is 416 g/mol. The zero-order valence-electron chi connectivity index (χ0n) is 16.8. The van der Waals surface area contributed by atoms with E-state index >= 15 is 0 Å². The van der Waals surface area contributed by atoms with Crippen molar-refractivity contribution in [3.05, 3.63) is 29.3 Å². The van der Waals surface area contributed by atoms with Crippen LogP contribution in [0.5, 0.6) is 0 Å². The molecule has 154 valence electrons. The second kappa shape index (κ2) is 9.03. The van der Waals surface area contributed by atoms with E-state index in [0.29, 0.717) is 19.4 Å². The van der Waals surface area contributed by atoms with Crippen LogP contribution in [0.1, 0.15) is 37.8 Å². The Morgan fingerprint density at radius 3 is 2.26 bits per heavy atom. The Morgan fingerprint density at radius 1 is 1.07 bits per heavy atom. The molecule has 0 spiro atoms. The fourth-order valence-electron chi connectivity index (χ4n) is 3.50. The van der Waals surface area contributed by atoms with Gasteiger partial charge in [0.05, 0.1) is 16.4 Å². The fraction of sp³-hybridized carbons (Fsp3) is 0.684. The molecule has 0 aliphatic carbocycles. The van der Waals surface area contributed by atoms with Crippen LogP contribution in [0.3, 0.4) is 0 Å². The minimum Gasteiger partial charge on any atom is -0.304 e. The van der Waals surface area contributed by atoms with Crippen LogP contribution in [0.4, 0.5) is 0 Å². The molecule has 1 heterocycles. The van der Waals surface area contributed by atoms with Crippen LogP contribution in [-0.4, -0.2) is 69.8 Å². The number of benzene rings is 1. The molecule has 1 saturated heterocycles. The number of rotatable bonds is 9. The van der Waals surface area contributed by atoms with E-state index < -0.39 is 25.9 Å². The molecule has 27 heavy (non-hydrogen) atoms. The quantitative estimate of drug-likeness (QED) is 0.617. The molecule has 6 nitrogen and oxygen atoms in total. The van der Waals surface area contributed by atoms with Gasteiger partial charge in [-0.05, 0) is 69.6 Å². The standard InChI is InChI=1S/C19H32N2O4S2/c1-5-20(6-2)11-7-12-21(18-10-13-26(22,23)15-18)27(24,25)19-9-8-16(3)17(4)14-19/h8-9,14,18H,5-7,10-13,15H2,1-4H3/t18-/m1/s1. The van der Waals surface area contributed by atoms with Gasteiger partial charge in [-0.3, -0.25) is 0 Å². The largest absolute Gasteiger partial charge is 0.304 e. The number of hydrogen-bond donors (Lipinski definition) is 0. The van der Waals surface area contributed by atoms with Crippen LogP contribution in [0.2, 0.25) is 0 Å². The van der Waals surface area contributed by atoms with Crippen molar-refractivity contribution in [2.24, 2.45) is 0 Å². The summed E-state index contributed by atoms with van der Waals surface area (Å²) in [6, 6.07) is 4.64. The van der Waals surface area contributed by atoms with Crippen molar-refractivity contribution >= 4 is 19.9 Å². The average Bonchev–Trinajstić information content (AvgIpc) is 2.96. The Hall–Kier alpha value is -0.960. The second-order valence-corrected chi connectivity index (χ2v) is 11.4. The van der Waals surface area contributed by atoms with Crippen molar-refractivity contribution in [3.8, 4) is 0 Å². The number of sulfonamides is 1. The summed E-state index contributed by atoms with van der Waals surface area (Å²) in [4.78, 5) is 2.49. The van der Waals surface area contributed by atoms with Crippen LogP contribution < -0.4 is 0 Å². The van der Waals surface area contributed by atoms with Crippen LogP contribution in [-0.2, 0) is 19.9 Å². The molecule has 0 N–H and O–H groups in total. The van der Waals surface area contributed by atoms with E-state index in [0.717, 1.165) is 30.8 Å². The Balaban J connectivity index is 2.28. The van der Waals surface area contributed by atoms with Crippen molar-refractivity contribution in [2.75, 3.05) is 37.7 Å². The van der Waals surface area contributed by atoms with Crippen molar-refractivity contribution in [1.82, 2.24) is 9.21 Å². The third-order valence-corrected chi connectivity index (χ3v) is 9.15. The highest BCUT2D eigenvalue weighted by molar-refractivity contribution is 7.92. The third-order valence-electron chi connectivity index (χ3n) is 5.45. The molecule has 0 saturated carbocycles. The van der Waals surface area contributed by atoms with E-state index in [1.807, 2.05) is 19.9 Å². The molecule has 2 rings (SSSR count). The molecule has 1 aliphatic heterocycles. The van der Waals surface area contributed by atoms with Gasteiger partial charge in [-0.1, -0.05) is 19.9 Å². The van der Waals surface area contributed by atoms with Crippen LogP contribution >= 0.6 is 0 Å². The molecule has 1 fully saturated rings. The smallest absolute Gasteiger partial charge is 0.243 e. The molecule has 1 aliphatic rings. The van der Waals surface area contributed by atoms with E-state index in [1.165, 1.54) is 4.31 Å². The lowest BCUT2D eigenvalue weighted by Crippen LogP contribution is -2.42.